The minimum atomic E-state index is -3.50. The van der Waals surface area contributed by atoms with Crippen LogP contribution in [0.1, 0.15) is 17.5 Å². The van der Waals surface area contributed by atoms with E-state index >= 15 is 0 Å². The fourth-order valence-electron chi connectivity index (χ4n) is 3.07. The number of carbonyl (C=O) groups is 1. The van der Waals surface area contributed by atoms with Crippen molar-refractivity contribution in [3.63, 3.8) is 0 Å². The van der Waals surface area contributed by atoms with E-state index in [4.69, 9.17) is 0 Å². The topological polar surface area (TPSA) is 69.7 Å². The molecule has 0 unspecified atom stereocenters. The number of benzene rings is 1. The molecule has 0 aliphatic carbocycles. The molecule has 7 heteroatoms. The van der Waals surface area contributed by atoms with Gasteiger partial charge in [0.25, 0.3) is 0 Å². The predicted octanol–water partition coefficient (Wildman–Crippen LogP) is 0.362. The molecule has 3 rings (SSSR count). The van der Waals surface area contributed by atoms with E-state index in [0.717, 1.165) is 23.2 Å². The van der Waals surface area contributed by atoms with E-state index in [0.29, 0.717) is 37.4 Å². The normalized spacial score (nSPS) is 17.2. The number of nitrogens with zero attached hydrogens (tertiary/aromatic N) is 2. The Balaban J connectivity index is 1.89. The van der Waals surface area contributed by atoms with Gasteiger partial charge in [0.2, 0.25) is 15.9 Å². The molecule has 1 aromatic rings. The second-order valence-electron chi connectivity index (χ2n) is 6.09. The summed E-state index contributed by atoms with van der Waals surface area (Å²) < 4.78 is 27.5. The van der Waals surface area contributed by atoms with Gasteiger partial charge in [0.1, 0.15) is 0 Å². The van der Waals surface area contributed by atoms with Crippen LogP contribution in [-0.2, 0) is 27.7 Å². The molecule has 1 aromatic carbocycles. The number of hydrogen-bond donors (Lipinski definition) is 1. The van der Waals surface area contributed by atoms with Gasteiger partial charge in [-0.15, -0.1) is 0 Å². The number of likely N-dealkylation sites (N-methyl/N-ethyl adjacent to an activating group) is 1. The van der Waals surface area contributed by atoms with Crippen molar-refractivity contribution < 1.29 is 13.2 Å². The highest BCUT2D eigenvalue weighted by atomic mass is 32.2. The summed E-state index contributed by atoms with van der Waals surface area (Å²) >= 11 is 0. The van der Waals surface area contributed by atoms with Crippen molar-refractivity contribution >= 4 is 21.6 Å². The van der Waals surface area contributed by atoms with Crippen LogP contribution in [-0.4, -0.2) is 53.0 Å². The molecule has 0 radical (unpaired) electrons. The zero-order chi connectivity index (χ0) is 15.9. The second kappa shape index (κ2) is 5.64. The van der Waals surface area contributed by atoms with Crippen LogP contribution in [0, 0.1) is 0 Å². The second-order valence-corrected chi connectivity index (χ2v) is 7.85. The summed E-state index contributed by atoms with van der Waals surface area (Å²) in [6, 6.07) is 3.44. The number of amides is 1. The highest BCUT2D eigenvalue weighted by molar-refractivity contribution is 7.89. The van der Waals surface area contributed by atoms with Gasteiger partial charge in [0.05, 0.1) is 10.6 Å². The summed E-state index contributed by atoms with van der Waals surface area (Å²) in [5.74, 6) is 0.144. The molecule has 0 spiro atoms. The number of nitrogens with one attached hydrogen (secondary N) is 1. The molecule has 0 aromatic heterocycles. The van der Waals surface area contributed by atoms with E-state index in [2.05, 4.69) is 4.72 Å². The summed E-state index contributed by atoms with van der Waals surface area (Å²) in [5, 5.41) is 0. The minimum Gasteiger partial charge on any atom is -0.312 e. The Morgan fingerprint density at radius 2 is 1.86 bits per heavy atom. The van der Waals surface area contributed by atoms with E-state index in [1.807, 2.05) is 19.0 Å². The Morgan fingerprint density at radius 3 is 2.55 bits per heavy atom. The summed E-state index contributed by atoms with van der Waals surface area (Å²) in [5.41, 5.74) is 2.89. The van der Waals surface area contributed by atoms with Crippen molar-refractivity contribution in [2.75, 3.05) is 38.6 Å². The molecular formula is C15H21N3O3S. The van der Waals surface area contributed by atoms with E-state index in [-0.39, 0.29) is 5.91 Å². The lowest BCUT2D eigenvalue weighted by Gasteiger charge is -2.25. The van der Waals surface area contributed by atoms with Gasteiger partial charge in [-0.25, -0.2) is 13.1 Å². The van der Waals surface area contributed by atoms with E-state index in [1.54, 1.807) is 17.0 Å². The molecule has 0 bridgehead atoms. The lowest BCUT2D eigenvalue weighted by molar-refractivity contribution is -0.118. The molecular weight excluding hydrogens is 302 g/mol. The van der Waals surface area contributed by atoms with Crippen molar-refractivity contribution in [2.45, 2.75) is 24.2 Å². The van der Waals surface area contributed by atoms with Crippen molar-refractivity contribution in [3.05, 3.63) is 23.3 Å². The predicted molar refractivity (Wildman–Crippen MR) is 84.6 cm³/mol. The first kappa shape index (κ1) is 15.5. The molecule has 120 valence electrons. The fraction of sp³-hybridized carbons (Fsp3) is 0.533. The lowest BCUT2D eigenvalue weighted by Crippen LogP contribution is -2.33. The van der Waals surface area contributed by atoms with Gasteiger partial charge in [-0.05, 0) is 50.2 Å². The van der Waals surface area contributed by atoms with Crippen LogP contribution in [0.25, 0.3) is 0 Å². The van der Waals surface area contributed by atoms with Gasteiger partial charge in [-0.3, -0.25) is 4.79 Å². The largest absolute Gasteiger partial charge is 0.312 e. The summed E-state index contributed by atoms with van der Waals surface area (Å²) in [6.07, 6.45) is 1.82. The lowest BCUT2D eigenvalue weighted by atomic mass is 10.00. The molecule has 22 heavy (non-hydrogen) atoms. The van der Waals surface area contributed by atoms with Gasteiger partial charge >= 0.3 is 0 Å². The Bertz CT molecular complexity index is 713. The molecule has 6 nitrogen and oxygen atoms in total. The van der Waals surface area contributed by atoms with Crippen molar-refractivity contribution in [1.82, 2.24) is 9.62 Å². The number of carbonyl (C=O) groups excluding carboxylic acids is 1. The van der Waals surface area contributed by atoms with Gasteiger partial charge < -0.3 is 9.80 Å². The standard InChI is InChI=1S/C15H21N3O3S/c1-17(2)8-6-16-22(20,21)13-9-11-3-4-14(19)18-7-5-12(10-13)15(11)18/h9-10,16H,3-8H2,1-2H3. The maximum atomic E-state index is 12.4. The van der Waals surface area contributed by atoms with Crippen LogP contribution in [0.2, 0.25) is 0 Å². The number of anilines is 1. The number of sulfonamides is 1. The van der Waals surface area contributed by atoms with E-state index < -0.39 is 10.0 Å². The Labute approximate surface area is 131 Å². The third kappa shape index (κ3) is 2.76. The van der Waals surface area contributed by atoms with E-state index in [9.17, 15) is 13.2 Å². The summed E-state index contributed by atoms with van der Waals surface area (Å²) in [4.78, 5) is 15.9. The molecule has 2 aliphatic rings. The van der Waals surface area contributed by atoms with Crippen LogP contribution in [0.15, 0.2) is 17.0 Å². The minimum absolute atomic E-state index is 0.144. The van der Waals surface area contributed by atoms with Gasteiger partial charge in [-0.1, -0.05) is 0 Å². The molecule has 1 N–H and O–H groups in total. The number of aryl methyl sites for hydroxylation is 1. The monoisotopic (exact) mass is 323 g/mol. The maximum Gasteiger partial charge on any atom is 0.240 e. The van der Waals surface area contributed by atoms with Crippen LogP contribution in [0.4, 0.5) is 5.69 Å². The Morgan fingerprint density at radius 1 is 1.18 bits per heavy atom. The Hall–Kier alpha value is -1.44. The number of rotatable bonds is 5. The highest BCUT2D eigenvalue weighted by Gasteiger charge is 2.32. The Kier molecular flexibility index (Phi) is 3.96. The third-order valence-electron chi connectivity index (χ3n) is 4.19. The highest BCUT2D eigenvalue weighted by Crippen LogP contribution is 2.38. The van der Waals surface area contributed by atoms with Crippen molar-refractivity contribution in [3.8, 4) is 0 Å². The van der Waals surface area contributed by atoms with Crippen LogP contribution in [0.5, 0.6) is 0 Å². The van der Waals surface area contributed by atoms with Crippen molar-refractivity contribution in [2.24, 2.45) is 0 Å². The summed E-state index contributed by atoms with van der Waals surface area (Å²) in [7, 11) is 0.307. The van der Waals surface area contributed by atoms with Crippen LogP contribution >= 0.6 is 0 Å². The summed E-state index contributed by atoms with van der Waals surface area (Å²) in [6.45, 7) is 1.70. The SMILES string of the molecule is CN(C)CCNS(=O)(=O)c1cc2c3c(c1)CCN3C(=O)CC2. The smallest absolute Gasteiger partial charge is 0.240 e. The van der Waals surface area contributed by atoms with E-state index in [1.165, 1.54) is 0 Å². The molecule has 1 amide bonds. The first-order valence-corrected chi connectivity index (χ1v) is 8.97. The maximum absolute atomic E-state index is 12.4. The quantitative estimate of drug-likeness (QED) is 0.849. The zero-order valence-electron chi connectivity index (χ0n) is 12.9. The van der Waals surface area contributed by atoms with Gasteiger partial charge in [0.15, 0.2) is 0 Å². The average molecular weight is 323 g/mol. The first-order chi connectivity index (χ1) is 10.4. The molecule has 0 saturated carbocycles. The molecule has 0 saturated heterocycles. The van der Waals surface area contributed by atoms with Crippen molar-refractivity contribution in [1.29, 1.82) is 0 Å². The number of hydrogen-bond acceptors (Lipinski definition) is 4. The third-order valence-corrected chi connectivity index (χ3v) is 5.63. The van der Waals surface area contributed by atoms with Gasteiger partial charge in [-0.2, -0.15) is 0 Å². The molecule has 0 fully saturated rings. The molecule has 2 heterocycles. The van der Waals surface area contributed by atoms with Crippen LogP contribution in [0.3, 0.4) is 0 Å². The zero-order valence-corrected chi connectivity index (χ0v) is 13.7. The van der Waals surface area contributed by atoms with Crippen LogP contribution < -0.4 is 9.62 Å². The molecule has 0 atom stereocenters. The fourth-order valence-corrected chi connectivity index (χ4v) is 4.19. The first-order valence-electron chi connectivity index (χ1n) is 7.49. The average Bonchev–Trinajstić information content (AvgIpc) is 2.87. The van der Waals surface area contributed by atoms with Gasteiger partial charge in [0, 0.05) is 26.1 Å². The molecule has 2 aliphatic heterocycles.